The van der Waals surface area contributed by atoms with Crippen molar-refractivity contribution in [3.8, 4) is 0 Å². The van der Waals surface area contributed by atoms with E-state index in [1.165, 1.54) is 37.8 Å². The second-order valence-electron chi connectivity index (χ2n) is 6.83. The largest absolute Gasteiger partial charge is 0.373 e. The molecule has 1 saturated carbocycles. The maximum atomic E-state index is 13.2. The third kappa shape index (κ3) is 2.91. The van der Waals surface area contributed by atoms with Crippen LogP contribution in [0.3, 0.4) is 0 Å². The van der Waals surface area contributed by atoms with Gasteiger partial charge in [0.25, 0.3) is 0 Å². The number of halogens is 1. The molecule has 2 N–H and O–H groups in total. The van der Waals surface area contributed by atoms with Gasteiger partial charge in [-0.1, -0.05) is 12.8 Å². The third-order valence-corrected chi connectivity index (χ3v) is 5.15. The van der Waals surface area contributed by atoms with Gasteiger partial charge in [0, 0.05) is 35.2 Å². The summed E-state index contributed by atoms with van der Waals surface area (Å²) < 4.78 is 19.3. The summed E-state index contributed by atoms with van der Waals surface area (Å²) in [5, 5.41) is 3.87. The van der Waals surface area contributed by atoms with Crippen LogP contribution in [0.15, 0.2) is 29.1 Å². The molecule has 1 saturated heterocycles. The molecule has 122 valence electrons. The molecule has 1 aliphatic carbocycles. The van der Waals surface area contributed by atoms with Gasteiger partial charge in [-0.2, -0.15) is 0 Å². The minimum Gasteiger partial charge on any atom is -0.373 e. The molecule has 5 heteroatoms. The quantitative estimate of drug-likeness (QED) is 0.915. The lowest BCUT2D eigenvalue weighted by atomic mass is 9.96. The van der Waals surface area contributed by atoms with Crippen molar-refractivity contribution < 1.29 is 9.13 Å². The molecule has 1 aromatic heterocycles. The van der Waals surface area contributed by atoms with Gasteiger partial charge in [-0.15, -0.1) is 0 Å². The van der Waals surface area contributed by atoms with Crippen molar-refractivity contribution in [3.05, 3.63) is 46.0 Å². The Morgan fingerprint density at radius 1 is 1.30 bits per heavy atom. The Kier molecular flexibility index (Phi) is 3.70. The van der Waals surface area contributed by atoms with Crippen LogP contribution in [0.2, 0.25) is 0 Å². The molecule has 4 rings (SSSR count). The van der Waals surface area contributed by atoms with Crippen LogP contribution in [0.1, 0.15) is 37.8 Å². The van der Waals surface area contributed by atoms with Crippen molar-refractivity contribution in [1.82, 2.24) is 10.3 Å². The van der Waals surface area contributed by atoms with Gasteiger partial charge in [-0.25, -0.2) is 4.39 Å². The zero-order valence-electron chi connectivity index (χ0n) is 13.0. The highest BCUT2D eigenvalue weighted by Crippen LogP contribution is 2.40. The monoisotopic (exact) mass is 316 g/mol. The van der Waals surface area contributed by atoms with Gasteiger partial charge >= 0.3 is 0 Å². The molecule has 1 aliphatic heterocycles. The van der Waals surface area contributed by atoms with Crippen molar-refractivity contribution in [2.24, 2.45) is 0 Å². The van der Waals surface area contributed by atoms with Gasteiger partial charge in [-0.05, 0) is 37.5 Å². The summed E-state index contributed by atoms with van der Waals surface area (Å²) in [6, 6.07) is 6.14. The zero-order valence-corrected chi connectivity index (χ0v) is 13.0. The molecule has 2 aliphatic rings. The summed E-state index contributed by atoms with van der Waals surface area (Å²) in [6.45, 7) is 1.33. The number of rotatable bonds is 3. The first kappa shape index (κ1) is 14.8. The Morgan fingerprint density at radius 2 is 2.13 bits per heavy atom. The lowest BCUT2D eigenvalue weighted by Crippen LogP contribution is -2.31. The maximum absolute atomic E-state index is 13.2. The van der Waals surface area contributed by atoms with Crippen molar-refractivity contribution in [2.45, 2.75) is 50.3 Å². The van der Waals surface area contributed by atoms with Gasteiger partial charge < -0.3 is 15.0 Å². The number of benzene rings is 1. The number of fused-ring (bicyclic) bond motifs is 1. The van der Waals surface area contributed by atoms with Crippen molar-refractivity contribution >= 4 is 10.9 Å². The fourth-order valence-corrected chi connectivity index (χ4v) is 3.97. The fraction of sp³-hybridized carbons (Fsp3) is 0.500. The van der Waals surface area contributed by atoms with E-state index in [2.05, 4.69) is 10.3 Å². The van der Waals surface area contributed by atoms with Crippen LogP contribution in [0.4, 0.5) is 4.39 Å². The Labute approximate surface area is 134 Å². The molecule has 2 fully saturated rings. The predicted octanol–water partition coefficient (Wildman–Crippen LogP) is 2.86. The number of pyridine rings is 1. The Morgan fingerprint density at radius 3 is 2.96 bits per heavy atom. The number of hydrogen-bond donors (Lipinski definition) is 2. The van der Waals surface area contributed by atoms with E-state index in [4.69, 9.17) is 4.74 Å². The average molecular weight is 316 g/mol. The highest BCUT2D eigenvalue weighted by molar-refractivity contribution is 5.78. The summed E-state index contributed by atoms with van der Waals surface area (Å²) in [6.07, 6.45) is 5.92. The fourth-order valence-electron chi connectivity index (χ4n) is 3.97. The molecule has 2 heterocycles. The Bertz CT molecular complexity index is 780. The topological polar surface area (TPSA) is 54.1 Å². The second-order valence-corrected chi connectivity index (χ2v) is 6.83. The van der Waals surface area contributed by atoms with Crippen molar-refractivity contribution in [1.29, 1.82) is 0 Å². The molecule has 0 unspecified atom stereocenters. The number of aromatic nitrogens is 1. The van der Waals surface area contributed by atoms with Crippen LogP contribution in [-0.2, 0) is 11.3 Å². The molecule has 0 radical (unpaired) electrons. The summed E-state index contributed by atoms with van der Waals surface area (Å²) in [4.78, 5) is 15.3. The van der Waals surface area contributed by atoms with E-state index in [1.807, 2.05) is 0 Å². The van der Waals surface area contributed by atoms with Gasteiger partial charge in [0.1, 0.15) is 5.82 Å². The summed E-state index contributed by atoms with van der Waals surface area (Å²) in [5.41, 5.74) is 1.45. The zero-order chi connectivity index (χ0) is 15.9. The maximum Gasteiger partial charge on any atom is 0.189 e. The van der Waals surface area contributed by atoms with Crippen LogP contribution in [0, 0.1) is 5.82 Å². The summed E-state index contributed by atoms with van der Waals surface area (Å²) >= 11 is 0. The highest BCUT2D eigenvalue weighted by Gasteiger charge is 2.42. The number of H-pyrrole nitrogens is 1. The summed E-state index contributed by atoms with van der Waals surface area (Å²) in [7, 11) is 0. The van der Waals surface area contributed by atoms with Crippen molar-refractivity contribution in [2.75, 3.05) is 6.61 Å². The van der Waals surface area contributed by atoms with Gasteiger partial charge in [0.2, 0.25) is 0 Å². The molecule has 23 heavy (non-hydrogen) atoms. The number of aromatic amines is 1. The standard InChI is InChI=1S/C18H21FN2O2/c19-12-3-4-16-15(7-12)17(22)8-13(21-16)10-20-14-9-18(23-11-14)5-1-2-6-18/h3-4,7-8,14,20H,1-2,5-6,9-11H2,(H,21,22)/t14-/m0/s1. The molecule has 1 aromatic carbocycles. The molecule has 2 aromatic rings. The van der Waals surface area contributed by atoms with Crippen LogP contribution in [0.25, 0.3) is 10.9 Å². The minimum atomic E-state index is -0.390. The van der Waals surface area contributed by atoms with Crippen LogP contribution < -0.4 is 10.7 Å². The first-order valence-electron chi connectivity index (χ1n) is 8.32. The van der Waals surface area contributed by atoms with Crippen LogP contribution >= 0.6 is 0 Å². The first-order valence-corrected chi connectivity index (χ1v) is 8.32. The van der Waals surface area contributed by atoms with Gasteiger partial charge in [0.05, 0.1) is 12.2 Å². The molecule has 1 atom stereocenters. The molecule has 0 bridgehead atoms. The van der Waals surface area contributed by atoms with E-state index in [0.717, 1.165) is 18.7 Å². The van der Waals surface area contributed by atoms with E-state index >= 15 is 0 Å². The number of ether oxygens (including phenoxy) is 1. The smallest absolute Gasteiger partial charge is 0.189 e. The number of nitrogens with one attached hydrogen (secondary N) is 2. The van der Waals surface area contributed by atoms with E-state index < -0.39 is 0 Å². The van der Waals surface area contributed by atoms with E-state index in [-0.39, 0.29) is 16.8 Å². The van der Waals surface area contributed by atoms with E-state index in [0.29, 0.717) is 23.5 Å². The Balaban J connectivity index is 1.46. The van der Waals surface area contributed by atoms with E-state index in [9.17, 15) is 9.18 Å². The molecular formula is C18H21FN2O2. The van der Waals surface area contributed by atoms with E-state index in [1.54, 1.807) is 12.1 Å². The Hall–Kier alpha value is -1.72. The third-order valence-electron chi connectivity index (χ3n) is 5.15. The van der Waals surface area contributed by atoms with Crippen molar-refractivity contribution in [3.63, 3.8) is 0 Å². The van der Waals surface area contributed by atoms with Crippen LogP contribution in [-0.4, -0.2) is 23.2 Å². The molecular weight excluding hydrogens is 295 g/mol. The average Bonchev–Trinajstić information content (AvgIpc) is 3.16. The van der Waals surface area contributed by atoms with Gasteiger partial charge in [-0.3, -0.25) is 4.79 Å². The molecule has 0 amide bonds. The van der Waals surface area contributed by atoms with Crippen LogP contribution in [0.5, 0.6) is 0 Å². The lowest BCUT2D eigenvalue weighted by Gasteiger charge is -2.21. The highest BCUT2D eigenvalue weighted by atomic mass is 19.1. The molecule has 4 nitrogen and oxygen atoms in total. The van der Waals surface area contributed by atoms with Gasteiger partial charge in [0.15, 0.2) is 5.43 Å². The minimum absolute atomic E-state index is 0.103. The normalized spacial score (nSPS) is 23.1. The predicted molar refractivity (Wildman–Crippen MR) is 86.9 cm³/mol. The number of hydrogen-bond acceptors (Lipinski definition) is 3. The first-order chi connectivity index (χ1) is 11.1. The SMILES string of the molecule is O=c1cc(CN[C@@H]2COC3(CCCC3)C2)[nH]c2ccc(F)cc12. The lowest BCUT2D eigenvalue weighted by molar-refractivity contribution is 0.00989. The molecule has 1 spiro atoms. The second kappa shape index (κ2) is 5.73. The summed E-state index contributed by atoms with van der Waals surface area (Å²) in [5.74, 6) is -0.390.